The molecule has 2 aromatic carbocycles. The highest BCUT2D eigenvalue weighted by Crippen LogP contribution is 2.27. The van der Waals surface area contributed by atoms with Gasteiger partial charge >= 0.3 is 0 Å². The number of nitrogens with one attached hydrogen (secondary N) is 2. The van der Waals surface area contributed by atoms with E-state index < -0.39 is 0 Å². The largest absolute Gasteiger partial charge is 0.379 e. The first kappa shape index (κ1) is 22.1. The second-order valence-corrected chi connectivity index (χ2v) is 8.70. The first-order valence-electron chi connectivity index (χ1n) is 11.4. The van der Waals surface area contributed by atoms with Crippen LogP contribution in [-0.2, 0) is 11.3 Å². The second-order valence-electron chi connectivity index (χ2n) is 8.70. The lowest BCUT2D eigenvalue weighted by molar-refractivity contribution is 0.0341. The normalized spacial score (nSPS) is 14.3. The maximum Gasteiger partial charge on any atom is 0.276 e. The Morgan fingerprint density at radius 1 is 1.06 bits per heavy atom. The molecule has 174 valence electrons. The third-order valence-corrected chi connectivity index (χ3v) is 6.06. The van der Waals surface area contributed by atoms with Gasteiger partial charge in [0.15, 0.2) is 5.69 Å². The predicted molar refractivity (Wildman–Crippen MR) is 134 cm³/mol. The Bertz CT molecular complexity index is 1290. The number of morpholine rings is 1. The molecule has 0 radical (unpaired) electrons. The van der Waals surface area contributed by atoms with E-state index in [0.717, 1.165) is 71.8 Å². The molecule has 1 aliphatic rings. The lowest BCUT2D eigenvalue weighted by atomic mass is 10.0. The summed E-state index contributed by atoms with van der Waals surface area (Å²) in [7, 11) is 3.96. The summed E-state index contributed by atoms with van der Waals surface area (Å²) < 4.78 is 5.45. The van der Waals surface area contributed by atoms with Crippen LogP contribution in [0.3, 0.4) is 0 Å². The second kappa shape index (κ2) is 9.62. The molecule has 34 heavy (non-hydrogen) atoms. The van der Waals surface area contributed by atoms with E-state index in [1.807, 2.05) is 73.9 Å². The van der Waals surface area contributed by atoms with Gasteiger partial charge in [-0.1, -0.05) is 6.07 Å². The minimum Gasteiger partial charge on any atom is -0.379 e. The summed E-state index contributed by atoms with van der Waals surface area (Å²) in [6.07, 6.45) is 3.77. The van der Waals surface area contributed by atoms with Crippen LogP contribution in [-0.4, -0.2) is 66.4 Å². The summed E-state index contributed by atoms with van der Waals surface area (Å²) >= 11 is 0. The molecule has 5 rings (SSSR count). The zero-order valence-corrected chi connectivity index (χ0v) is 19.4. The molecule has 0 bridgehead atoms. The Balaban J connectivity index is 1.37. The van der Waals surface area contributed by atoms with E-state index in [0.29, 0.717) is 5.69 Å². The molecule has 0 spiro atoms. The van der Waals surface area contributed by atoms with Gasteiger partial charge in [-0.05, 0) is 53.6 Å². The van der Waals surface area contributed by atoms with Gasteiger partial charge in [0.25, 0.3) is 5.91 Å². The van der Waals surface area contributed by atoms with Gasteiger partial charge in [0.05, 0.1) is 18.7 Å². The molecule has 1 saturated heterocycles. The van der Waals surface area contributed by atoms with Crippen LogP contribution < -0.4 is 10.2 Å². The lowest BCUT2D eigenvalue weighted by Gasteiger charge is -2.26. The van der Waals surface area contributed by atoms with Crippen LogP contribution in [0.25, 0.3) is 22.0 Å². The summed E-state index contributed by atoms with van der Waals surface area (Å²) in [5.41, 5.74) is 6.14. The van der Waals surface area contributed by atoms with E-state index >= 15 is 0 Å². The minimum absolute atomic E-state index is 0.250. The molecular weight excluding hydrogens is 428 g/mol. The van der Waals surface area contributed by atoms with Gasteiger partial charge in [-0.3, -0.25) is 19.8 Å². The Kier molecular flexibility index (Phi) is 6.24. The number of rotatable bonds is 6. The monoisotopic (exact) mass is 456 g/mol. The third-order valence-electron chi connectivity index (χ3n) is 6.06. The van der Waals surface area contributed by atoms with Crippen molar-refractivity contribution in [1.29, 1.82) is 0 Å². The zero-order chi connectivity index (χ0) is 23.5. The summed E-state index contributed by atoms with van der Waals surface area (Å²) in [5.74, 6) is -0.250. The molecule has 8 nitrogen and oxygen atoms in total. The number of nitrogens with zero attached hydrogens (tertiary/aromatic N) is 4. The molecule has 0 atom stereocenters. The van der Waals surface area contributed by atoms with Gasteiger partial charge in [0, 0.05) is 68.4 Å². The van der Waals surface area contributed by atoms with Crippen molar-refractivity contribution in [2.45, 2.75) is 6.54 Å². The van der Waals surface area contributed by atoms with Crippen LogP contribution in [0, 0.1) is 0 Å². The van der Waals surface area contributed by atoms with Crippen molar-refractivity contribution in [2.75, 3.05) is 50.6 Å². The van der Waals surface area contributed by atoms with Crippen LogP contribution in [0.15, 0.2) is 60.9 Å². The van der Waals surface area contributed by atoms with Crippen LogP contribution in [0.1, 0.15) is 16.1 Å². The number of benzene rings is 2. The molecule has 1 amide bonds. The average molecular weight is 457 g/mol. The van der Waals surface area contributed by atoms with Crippen molar-refractivity contribution in [3.05, 3.63) is 72.2 Å². The van der Waals surface area contributed by atoms with Gasteiger partial charge in [-0.15, -0.1) is 0 Å². The number of aromatic nitrogens is 3. The zero-order valence-electron chi connectivity index (χ0n) is 19.4. The van der Waals surface area contributed by atoms with Gasteiger partial charge in [-0.25, -0.2) is 0 Å². The Morgan fingerprint density at radius 2 is 1.85 bits per heavy atom. The number of carbonyl (C=O) groups is 1. The molecule has 0 unspecified atom stereocenters. The quantitative estimate of drug-likeness (QED) is 0.459. The number of fused-ring (bicyclic) bond motifs is 1. The summed E-state index contributed by atoms with van der Waals surface area (Å²) in [6.45, 7) is 4.26. The molecule has 1 fully saturated rings. The number of H-pyrrole nitrogens is 1. The maximum absolute atomic E-state index is 13.0. The smallest absolute Gasteiger partial charge is 0.276 e. The van der Waals surface area contributed by atoms with Gasteiger partial charge < -0.3 is 15.0 Å². The summed E-state index contributed by atoms with van der Waals surface area (Å²) in [6, 6.07) is 15.8. The topological polar surface area (TPSA) is 86.4 Å². The molecule has 0 aliphatic carbocycles. The van der Waals surface area contributed by atoms with Crippen molar-refractivity contribution in [1.82, 2.24) is 20.1 Å². The van der Waals surface area contributed by atoms with Crippen molar-refractivity contribution < 1.29 is 9.53 Å². The van der Waals surface area contributed by atoms with Crippen molar-refractivity contribution >= 4 is 28.2 Å². The number of pyridine rings is 1. The minimum atomic E-state index is -0.250. The highest BCUT2D eigenvalue weighted by Gasteiger charge is 2.16. The predicted octanol–water partition coefficient (Wildman–Crippen LogP) is 3.78. The van der Waals surface area contributed by atoms with Crippen LogP contribution in [0.4, 0.5) is 11.4 Å². The van der Waals surface area contributed by atoms with Crippen LogP contribution >= 0.6 is 0 Å². The fraction of sp³-hybridized carbons (Fsp3) is 0.269. The number of aromatic amines is 1. The standard InChI is InChI=1S/C26H28N6O2/c1-31(2)22-6-4-21(5-7-22)28-26(33)25-23-14-19(3-8-24(23)29-30-25)20-13-18(15-27-16-20)17-32-9-11-34-12-10-32/h3-8,13-16H,9-12,17H2,1-2H3,(H,28,33)(H,29,30). The van der Waals surface area contributed by atoms with E-state index in [-0.39, 0.29) is 5.91 Å². The maximum atomic E-state index is 13.0. The Hall–Kier alpha value is -3.75. The van der Waals surface area contributed by atoms with Crippen LogP contribution in [0.2, 0.25) is 0 Å². The van der Waals surface area contributed by atoms with Crippen molar-refractivity contribution in [2.24, 2.45) is 0 Å². The highest BCUT2D eigenvalue weighted by atomic mass is 16.5. The Morgan fingerprint density at radius 3 is 2.62 bits per heavy atom. The SMILES string of the molecule is CN(C)c1ccc(NC(=O)c2n[nH]c3ccc(-c4cncc(CN5CCOCC5)c4)cc23)cc1. The molecule has 3 heterocycles. The Labute approximate surface area is 198 Å². The van der Waals surface area contributed by atoms with Crippen molar-refractivity contribution in [3.8, 4) is 11.1 Å². The highest BCUT2D eigenvalue weighted by molar-refractivity contribution is 6.11. The average Bonchev–Trinajstić information content (AvgIpc) is 3.29. The molecule has 8 heteroatoms. The molecule has 2 aromatic heterocycles. The number of hydrogen-bond donors (Lipinski definition) is 2. The third kappa shape index (κ3) is 4.78. The van der Waals surface area contributed by atoms with E-state index in [1.165, 1.54) is 0 Å². The van der Waals surface area contributed by atoms with E-state index in [1.54, 1.807) is 0 Å². The molecule has 4 aromatic rings. The fourth-order valence-electron chi connectivity index (χ4n) is 4.15. The number of hydrogen-bond acceptors (Lipinski definition) is 6. The summed E-state index contributed by atoms with van der Waals surface area (Å²) in [4.78, 5) is 21.8. The molecular formula is C26H28N6O2. The number of ether oxygens (including phenoxy) is 1. The van der Waals surface area contributed by atoms with Gasteiger partial charge in [-0.2, -0.15) is 5.10 Å². The molecule has 2 N–H and O–H groups in total. The lowest BCUT2D eigenvalue weighted by Crippen LogP contribution is -2.35. The number of anilines is 2. The van der Waals surface area contributed by atoms with Crippen LogP contribution in [0.5, 0.6) is 0 Å². The molecule has 0 saturated carbocycles. The first-order chi connectivity index (χ1) is 16.6. The van der Waals surface area contributed by atoms with Crippen molar-refractivity contribution in [3.63, 3.8) is 0 Å². The first-order valence-corrected chi connectivity index (χ1v) is 11.4. The fourth-order valence-corrected chi connectivity index (χ4v) is 4.15. The van der Waals surface area contributed by atoms with E-state index in [2.05, 4.69) is 31.5 Å². The summed E-state index contributed by atoms with van der Waals surface area (Å²) in [5, 5.41) is 11.0. The van der Waals surface area contributed by atoms with Gasteiger partial charge in [0.2, 0.25) is 0 Å². The van der Waals surface area contributed by atoms with Gasteiger partial charge in [0.1, 0.15) is 0 Å². The van der Waals surface area contributed by atoms with E-state index in [4.69, 9.17) is 4.74 Å². The number of carbonyl (C=O) groups excluding carboxylic acids is 1. The van der Waals surface area contributed by atoms with E-state index in [9.17, 15) is 4.79 Å². The number of amides is 1. The molecule has 1 aliphatic heterocycles.